The predicted octanol–water partition coefficient (Wildman–Crippen LogP) is 1.35. The lowest BCUT2D eigenvalue weighted by Crippen LogP contribution is -2.64. The Morgan fingerprint density at radius 1 is 1.28 bits per heavy atom. The first kappa shape index (κ1) is 19.8. The maximum Gasteiger partial charge on any atom is 0.317 e. The van der Waals surface area contributed by atoms with Gasteiger partial charge >= 0.3 is 6.03 Å². The highest BCUT2D eigenvalue weighted by Crippen LogP contribution is 2.38. The summed E-state index contributed by atoms with van der Waals surface area (Å²) < 4.78 is 31.1. The number of hydrogen-bond donors (Lipinski definition) is 1. The van der Waals surface area contributed by atoms with E-state index in [1.807, 2.05) is 30.3 Å². The molecule has 2 heterocycles. The Morgan fingerprint density at radius 3 is 2.66 bits per heavy atom. The van der Waals surface area contributed by atoms with Crippen molar-refractivity contribution in [2.45, 2.75) is 37.8 Å². The normalized spacial score (nSPS) is 17.4. The highest BCUT2D eigenvalue weighted by molar-refractivity contribution is 7.88. The molecule has 156 valence electrons. The lowest BCUT2D eigenvalue weighted by atomic mass is 10.1. The van der Waals surface area contributed by atoms with Gasteiger partial charge in [-0.1, -0.05) is 35.5 Å². The van der Waals surface area contributed by atoms with Gasteiger partial charge in [-0.25, -0.2) is 13.2 Å². The molecular formula is C19H25N5O4S. The minimum atomic E-state index is -3.41. The molecule has 1 N–H and O–H groups in total. The zero-order chi connectivity index (χ0) is 20.4. The van der Waals surface area contributed by atoms with Crippen molar-refractivity contribution in [1.29, 1.82) is 0 Å². The predicted molar refractivity (Wildman–Crippen MR) is 106 cm³/mol. The molecule has 0 unspecified atom stereocenters. The standard InChI is InChI=1S/C19H25N5O4S/c1-29(26,27)24(10-9-17-21-18(28-22-17)15-7-8-15)16-12-23(13-16)19(25)20-11-14-5-3-2-4-6-14/h2-6,15-16H,7-13H2,1H3,(H,20,25). The molecule has 1 aliphatic heterocycles. The van der Waals surface area contributed by atoms with E-state index in [-0.39, 0.29) is 18.6 Å². The van der Waals surface area contributed by atoms with Crippen LogP contribution in [0.25, 0.3) is 0 Å². The highest BCUT2D eigenvalue weighted by Gasteiger charge is 2.39. The maximum absolute atomic E-state index is 12.3. The summed E-state index contributed by atoms with van der Waals surface area (Å²) in [6.07, 6.45) is 3.72. The van der Waals surface area contributed by atoms with Crippen LogP contribution < -0.4 is 5.32 Å². The largest absolute Gasteiger partial charge is 0.339 e. The number of urea groups is 1. The van der Waals surface area contributed by atoms with E-state index in [4.69, 9.17) is 4.52 Å². The number of benzene rings is 1. The summed E-state index contributed by atoms with van der Waals surface area (Å²) >= 11 is 0. The third-order valence-electron chi connectivity index (χ3n) is 5.24. The third kappa shape index (κ3) is 4.94. The van der Waals surface area contributed by atoms with Gasteiger partial charge in [0.2, 0.25) is 15.9 Å². The Labute approximate surface area is 170 Å². The summed E-state index contributed by atoms with van der Waals surface area (Å²) in [5.41, 5.74) is 1.02. The molecule has 1 aliphatic carbocycles. The number of hydrogen-bond acceptors (Lipinski definition) is 6. The van der Waals surface area contributed by atoms with Crippen LogP contribution in [0.3, 0.4) is 0 Å². The average molecular weight is 420 g/mol. The number of nitrogens with one attached hydrogen (secondary N) is 1. The molecule has 1 aromatic carbocycles. The molecule has 1 saturated carbocycles. The number of likely N-dealkylation sites (tertiary alicyclic amines) is 1. The Bertz CT molecular complexity index is 952. The first-order valence-corrected chi connectivity index (χ1v) is 11.6. The van der Waals surface area contributed by atoms with Crippen molar-refractivity contribution < 1.29 is 17.7 Å². The third-order valence-corrected chi connectivity index (χ3v) is 6.57. The summed E-state index contributed by atoms with van der Waals surface area (Å²) in [5, 5.41) is 6.81. The van der Waals surface area contributed by atoms with Gasteiger partial charge in [0.25, 0.3) is 0 Å². The van der Waals surface area contributed by atoms with E-state index in [0.29, 0.717) is 43.7 Å². The quantitative estimate of drug-likeness (QED) is 0.692. The molecular weight excluding hydrogens is 394 g/mol. The lowest BCUT2D eigenvalue weighted by Gasteiger charge is -2.44. The molecule has 0 radical (unpaired) electrons. The van der Waals surface area contributed by atoms with E-state index >= 15 is 0 Å². The summed E-state index contributed by atoms with van der Waals surface area (Å²) in [7, 11) is -3.41. The zero-order valence-corrected chi connectivity index (χ0v) is 17.1. The number of sulfonamides is 1. The van der Waals surface area contributed by atoms with Crippen molar-refractivity contribution in [2.75, 3.05) is 25.9 Å². The fourth-order valence-electron chi connectivity index (χ4n) is 3.38. The van der Waals surface area contributed by atoms with Crippen molar-refractivity contribution >= 4 is 16.1 Å². The first-order chi connectivity index (χ1) is 13.9. The van der Waals surface area contributed by atoms with Crippen LogP contribution in [0.4, 0.5) is 4.79 Å². The molecule has 1 aromatic heterocycles. The minimum Gasteiger partial charge on any atom is -0.339 e. The second kappa shape index (κ2) is 8.11. The Hall–Kier alpha value is -2.46. The summed E-state index contributed by atoms with van der Waals surface area (Å²) in [6, 6.07) is 9.22. The van der Waals surface area contributed by atoms with Gasteiger partial charge in [0.1, 0.15) is 0 Å². The van der Waals surface area contributed by atoms with Crippen molar-refractivity contribution in [2.24, 2.45) is 0 Å². The van der Waals surface area contributed by atoms with Gasteiger partial charge in [-0.2, -0.15) is 9.29 Å². The molecule has 9 nitrogen and oxygen atoms in total. The first-order valence-electron chi connectivity index (χ1n) is 9.76. The topological polar surface area (TPSA) is 109 Å². The van der Waals surface area contributed by atoms with Crippen LogP contribution >= 0.6 is 0 Å². The van der Waals surface area contributed by atoms with Crippen LogP contribution in [-0.4, -0.2) is 65.7 Å². The molecule has 0 atom stereocenters. The van der Waals surface area contributed by atoms with Gasteiger partial charge in [0.05, 0.1) is 12.3 Å². The monoisotopic (exact) mass is 419 g/mol. The van der Waals surface area contributed by atoms with E-state index < -0.39 is 10.0 Å². The van der Waals surface area contributed by atoms with Crippen LogP contribution in [0.2, 0.25) is 0 Å². The maximum atomic E-state index is 12.3. The number of carbonyl (C=O) groups is 1. The van der Waals surface area contributed by atoms with Crippen LogP contribution in [-0.2, 0) is 23.0 Å². The van der Waals surface area contributed by atoms with E-state index in [0.717, 1.165) is 18.4 Å². The number of rotatable bonds is 8. The van der Waals surface area contributed by atoms with E-state index in [1.54, 1.807) is 4.90 Å². The zero-order valence-electron chi connectivity index (χ0n) is 16.3. The molecule has 1 saturated heterocycles. The van der Waals surface area contributed by atoms with Crippen molar-refractivity contribution in [1.82, 2.24) is 24.7 Å². The van der Waals surface area contributed by atoms with E-state index in [1.165, 1.54) is 10.6 Å². The second-order valence-corrected chi connectivity index (χ2v) is 9.58. The number of amides is 2. The number of nitrogens with zero attached hydrogens (tertiary/aromatic N) is 4. The van der Waals surface area contributed by atoms with Crippen molar-refractivity contribution in [3.8, 4) is 0 Å². The summed E-state index contributed by atoms with van der Waals surface area (Å²) in [5.74, 6) is 1.55. The molecule has 29 heavy (non-hydrogen) atoms. The molecule has 2 aliphatic rings. The van der Waals surface area contributed by atoms with Crippen molar-refractivity contribution in [3.63, 3.8) is 0 Å². The Kier molecular flexibility index (Phi) is 5.55. The van der Waals surface area contributed by atoms with Crippen LogP contribution in [0.5, 0.6) is 0 Å². The second-order valence-electron chi connectivity index (χ2n) is 7.65. The van der Waals surface area contributed by atoms with Crippen LogP contribution in [0, 0.1) is 0 Å². The van der Waals surface area contributed by atoms with E-state index in [2.05, 4.69) is 15.5 Å². The number of carbonyl (C=O) groups excluding carboxylic acids is 1. The van der Waals surface area contributed by atoms with Gasteiger partial charge in [0.15, 0.2) is 5.82 Å². The Morgan fingerprint density at radius 2 is 2.00 bits per heavy atom. The summed E-state index contributed by atoms with van der Waals surface area (Å²) in [4.78, 5) is 18.3. The van der Waals surface area contributed by atoms with Gasteiger partial charge in [0, 0.05) is 38.5 Å². The molecule has 2 aromatic rings. The SMILES string of the molecule is CS(=O)(=O)N(CCc1noc(C2CC2)n1)C1CN(C(=O)NCc2ccccc2)C1. The fourth-order valence-corrected chi connectivity index (χ4v) is 4.48. The summed E-state index contributed by atoms with van der Waals surface area (Å²) in [6.45, 7) is 1.45. The fraction of sp³-hybridized carbons (Fsp3) is 0.526. The molecule has 10 heteroatoms. The highest BCUT2D eigenvalue weighted by atomic mass is 32.2. The van der Waals surface area contributed by atoms with Gasteiger partial charge < -0.3 is 14.7 Å². The molecule has 0 bridgehead atoms. The van der Waals surface area contributed by atoms with Gasteiger partial charge in [-0.15, -0.1) is 0 Å². The lowest BCUT2D eigenvalue weighted by molar-refractivity contribution is 0.101. The average Bonchev–Trinajstić information content (AvgIpc) is 3.40. The molecule has 4 rings (SSSR count). The van der Waals surface area contributed by atoms with Crippen LogP contribution in [0.1, 0.15) is 36.0 Å². The van der Waals surface area contributed by atoms with E-state index in [9.17, 15) is 13.2 Å². The molecule has 2 fully saturated rings. The number of aromatic nitrogens is 2. The van der Waals surface area contributed by atoms with Gasteiger partial charge in [-0.05, 0) is 18.4 Å². The van der Waals surface area contributed by atoms with Gasteiger partial charge in [-0.3, -0.25) is 0 Å². The smallest absolute Gasteiger partial charge is 0.317 e. The Balaban J connectivity index is 1.27. The minimum absolute atomic E-state index is 0.189. The molecule has 2 amide bonds. The van der Waals surface area contributed by atoms with Crippen LogP contribution in [0.15, 0.2) is 34.9 Å². The van der Waals surface area contributed by atoms with Crippen molar-refractivity contribution in [3.05, 3.63) is 47.6 Å². The molecule has 0 spiro atoms.